The van der Waals surface area contributed by atoms with Crippen LogP contribution >= 0.6 is 22.9 Å². The zero-order chi connectivity index (χ0) is 16.1. The van der Waals surface area contributed by atoms with Gasteiger partial charge in [0.25, 0.3) is 0 Å². The number of aromatic nitrogens is 1. The largest absolute Gasteiger partial charge is 0.297 e. The lowest BCUT2D eigenvalue weighted by Gasteiger charge is -2.23. The van der Waals surface area contributed by atoms with Gasteiger partial charge in [0.2, 0.25) is 0 Å². The minimum atomic E-state index is -0.296. The van der Waals surface area contributed by atoms with Crippen LogP contribution in [0, 0.1) is 5.82 Å². The van der Waals surface area contributed by atoms with Gasteiger partial charge in [-0.05, 0) is 43.6 Å². The molecule has 0 saturated carbocycles. The average molecular weight is 353 g/mol. The Hall–Kier alpha value is -0.970. The van der Waals surface area contributed by atoms with Gasteiger partial charge in [-0.1, -0.05) is 36.9 Å². The molecular weight excluding hydrogens is 331 g/mol. The molecule has 0 bridgehead atoms. The Bertz CT molecular complexity index is 636. The van der Waals surface area contributed by atoms with Gasteiger partial charge in [0, 0.05) is 23.4 Å². The summed E-state index contributed by atoms with van der Waals surface area (Å²) in [5.41, 5.74) is 2.07. The van der Waals surface area contributed by atoms with E-state index in [4.69, 9.17) is 16.6 Å². The number of hydrogen-bond donors (Lipinski definition) is 0. The van der Waals surface area contributed by atoms with E-state index in [0.29, 0.717) is 11.4 Å². The molecule has 3 rings (SSSR count). The first-order valence-electron chi connectivity index (χ1n) is 8.30. The van der Waals surface area contributed by atoms with Gasteiger partial charge in [0.15, 0.2) is 0 Å². The minimum Gasteiger partial charge on any atom is -0.297 e. The van der Waals surface area contributed by atoms with Crippen LogP contribution in [0.1, 0.15) is 48.4 Å². The smallest absolute Gasteiger partial charge is 0.124 e. The van der Waals surface area contributed by atoms with Crippen molar-refractivity contribution in [3.05, 3.63) is 50.7 Å². The van der Waals surface area contributed by atoms with Gasteiger partial charge in [-0.25, -0.2) is 9.37 Å². The number of rotatable bonds is 4. The fourth-order valence-electron chi connectivity index (χ4n) is 3.03. The molecule has 2 aromatic rings. The molecule has 124 valence electrons. The third-order valence-corrected chi connectivity index (χ3v) is 5.54. The number of halogens is 2. The normalized spacial score (nSPS) is 17.0. The van der Waals surface area contributed by atoms with Crippen molar-refractivity contribution in [1.82, 2.24) is 9.88 Å². The van der Waals surface area contributed by atoms with Gasteiger partial charge in [0.05, 0.1) is 10.7 Å². The highest BCUT2D eigenvalue weighted by Crippen LogP contribution is 2.23. The van der Waals surface area contributed by atoms with Crippen molar-refractivity contribution < 1.29 is 4.39 Å². The van der Waals surface area contributed by atoms with Crippen molar-refractivity contribution in [2.45, 2.75) is 45.1 Å². The summed E-state index contributed by atoms with van der Waals surface area (Å²) in [7, 11) is 0. The molecule has 1 saturated heterocycles. The average Bonchev–Trinajstić information content (AvgIpc) is 2.92. The van der Waals surface area contributed by atoms with Crippen molar-refractivity contribution in [3.8, 4) is 0 Å². The fourth-order valence-corrected chi connectivity index (χ4v) is 4.07. The van der Waals surface area contributed by atoms with Gasteiger partial charge in [-0.3, -0.25) is 4.90 Å². The topological polar surface area (TPSA) is 16.1 Å². The van der Waals surface area contributed by atoms with Crippen molar-refractivity contribution in [1.29, 1.82) is 0 Å². The SMILES string of the molecule is Fc1ccc(Cc2nc(CN3CCCCCCC3)cs2)c(Cl)c1. The van der Waals surface area contributed by atoms with Gasteiger partial charge in [-0.15, -0.1) is 11.3 Å². The first-order chi connectivity index (χ1) is 11.2. The Morgan fingerprint density at radius 3 is 2.61 bits per heavy atom. The van der Waals surface area contributed by atoms with Crippen LogP contribution in [0.4, 0.5) is 4.39 Å². The molecule has 0 N–H and O–H groups in total. The molecule has 0 amide bonds. The van der Waals surface area contributed by atoms with Gasteiger partial charge < -0.3 is 0 Å². The number of likely N-dealkylation sites (tertiary alicyclic amines) is 1. The molecule has 5 heteroatoms. The fraction of sp³-hybridized carbons (Fsp3) is 0.500. The summed E-state index contributed by atoms with van der Waals surface area (Å²) in [6.07, 6.45) is 7.34. The number of nitrogens with zero attached hydrogens (tertiary/aromatic N) is 2. The third kappa shape index (κ3) is 5.00. The van der Waals surface area contributed by atoms with Crippen molar-refractivity contribution in [3.63, 3.8) is 0 Å². The second-order valence-electron chi connectivity index (χ2n) is 6.19. The lowest BCUT2D eigenvalue weighted by Crippen LogP contribution is -2.27. The Morgan fingerprint density at radius 2 is 1.87 bits per heavy atom. The van der Waals surface area contributed by atoms with E-state index < -0.39 is 0 Å². The minimum absolute atomic E-state index is 0.296. The maximum absolute atomic E-state index is 13.1. The Kier molecular flexibility index (Phi) is 6.03. The lowest BCUT2D eigenvalue weighted by atomic mass is 10.1. The summed E-state index contributed by atoms with van der Waals surface area (Å²) >= 11 is 7.77. The van der Waals surface area contributed by atoms with E-state index in [1.165, 1.54) is 57.3 Å². The van der Waals surface area contributed by atoms with E-state index in [2.05, 4.69) is 10.3 Å². The van der Waals surface area contributed by atoms with Gasteiger partial charge in [-0.2, -0.15) is 0 Å². The standard InChI is InChI=1S/C18H22ClFN2S/c19-17-11-15(20)7-6-14(17)10-18-21-16(13-23-18)12-22-8-4-2-1-3-5-9-22/h6-7,11,13H,1-5,8-10,12H2. The van der Waals surface area contributed by atoms with E-state index in [9.17, 15) is 4.39 Å². The highest BCUT2D eigenvalue weighted by atomic mass is 35.5. The van der Waals surface area contributed by atoms with Crippen LogP contribution in [0.2, 0.25) is 5.02 Å². The molecule has 0 aliphatic carbocycles. The van der Waals surface area contributed by atoms with E-state index >= 15 is 0 Å². The molecular formula is C18H22ClFN2S. The molecule has 0 spiro atoms. The highest BCUT2D eigenvalue weighted by Gasteiger charge is 2.12. The summed E-state index contributed by atoms with van der Waals surface area (Å²) in [6, 6.07) is 4.57. The van der Waals surface area contributed by atoms with Crippen LogP contribution in [0.15, 0.2) is 23.6 Å². The van der Waals surface area contributed by atoms with Crippen molar-refractivity contribution in [2.24, 2.45) is 0 Å². The van der Waals surface area contributed by atoms with Crippen molar-refractivity contribution in [2.75, 3.05) is 13.1 Å². The predicted octanol–water partition coefficient (Wildman–Crippen LogP) is 5.29. The van der Waals surface area contributed by atoms with Crippen LogP contribution < -0.4 is 0 Å². The number of hydrogen-bond acceptors (Lipinski definition) is 3. The van der Waals surface area contributed by atoms with E-state index in [-0.39, 0.29) is 5.82 Å². The molecule has 2 heterocycles. The maximum atomic E-state index is 13.1. The van der Waals surface area contributed by atoms with Gasteiger partial charge >= 0.3 is 0 Å². The zero-order valence-corrected chi connectivity index (χ0v) is 14.8. The second-order valence-corrected chi connectivity index (χ2v) is 7.54. The molecule has 1 aromatic heterocycles. The van der Waals surface area contributed by atoms with Crippen LogP contribution in [-0.2, 0) is 13.0 Å². The Balaban J connectivity index is 1.61. The molecule has 23 heavy (non-hydrogen) atoms. The monoisotopic (exact) mass is 352 g/mol. The summed E-state index contributed by atoms with van der Waals surface area (Å²) in [5.74, 6) is -0.296. The van der Waals surface area contributed by atoms with Gasteiger partial charge in [0.1, 0.15) is 5.82 Å². The quantitative estimate of drug-likeness (QED) is 0.743. The van der Waals surface area contributed by atoms with E-state index in [1.807, 2.05) is 0 Å². The van der Waals surface area contributed by atoms with E-state index in [0.717, 1.165) is 22.8 Å². The van der Waals surface area contributed by atoms with Crippen LogP contribution in [0.25, 0.3) is 0 Å². The van der Waals surface area contributed by atoms with Crippen molar-refractivity contribution >= 4 is 22.9 Å². The molecule has 1 aromatic carbocycles. The van der Waals surface area contributed by atoms with E-state index in [1.54, 1.807) is 17.4 Å². The first-order valence-corrected chi connectivity index (χ1v) is 9.56. The summed E-state index contributed by atoms with van der Waals surface area (Å²) in [6.45, 7) is 3.29. The Labute approximate surface area is 146 Å². The molecule has 1 aliphatic rings. The maximum Gasteiger partial charge on any atom is 0.124 e. The van der Waals surface area contributed by atoms with Crippen LogP contribution in [0.3, 0.4) is 0 Å². The zero-order valence-electron chi connectivity index (χ0n) is 13.2. The third-order valence-electron chi connectivity index (χ3n) is 4.29. The predicted molar refractivity (Wildman–Crippen MR) is 94.7 cm³/mol. The summed E-state index contributed by atoms with van der Waals surface area (Å²) < 4.78 is 13.1. The number of benzene rings is 1. The molecule has 0 radical (unpaired) electrons. The molecule has 1 aliphatic heterocycles. The Morgan fingerprint density at radius 1 is 1.13 bits per heavy atom. The molecule has 2 nitrogen and oxygen atoms in total. The lowest BCUT2D eigenvalue weighted by molar-refractivity contribution is 0.237. The van der Waals surface area contributed by atoms with Crippen LogP contribution in [0.5, 0.6) is 0 Å². The first kappa shape index (κ1) is 16.9. The van der Waals surface area contributed by atoms with Crippen LogP contribution in [-0.4, -0.2) is 23.0 Å². The summed E-state index contributed by atoms with van der Waals surface area (Å²) in [4.78, 5) is 7.26. The second kappa shape index (κ2) is 8.22. The number of thiazole rings is 1. The molecule has 0 atom stereocenters. The summed E-state index contributed by atoms with van der Waals surface area (Å²) in [5, 5.41) is 3.66. The highest BCUT2D eigenvalue weighted by molar-refractivity contribution is 7.09. The molecule has 0 unspecified atom stereocenters. The molecule has 1 fully saturated rings.